The van der Waals surface area contributed by atoms with Crippen LogP contribution in [0.5, 0.6) is 0 Å². The molecule has 0 bridgehead atoms. The van der Waals surface area contributed by atoms with Crippen LogP contribution in [0.4, 0.5) is 22.0 Å². The number of allylic oxidation sites excluding steroid dienone is 2. The summed E-state index contributed by atoms with van der Waals surface area (Å²) in [6, 6.07) is 0. The van der Waals surface area contributed by atoms with Gasteiger partial charge in [-0.1, -0.05) is 6.92 Å². The summed E-state index contributed by atoms with van der Waals surface area (Å²) >= 11 is 0. The van der Waals surface area contributed by atoms with Crippen molar-refractivity contribution in [1.29, 1.82) is 0 Å². The largest absolute Gasteiger partial charge is 0.431 e. The maximum absolute atomic E-state index is 13.5. The van der Waals surface area contributed by atoms with Crippen LogP contribution in [-0.4, -0.2) is 30.6 Å². The Balaban J connectivity index is 3.36. The Kier molecular flexibility index (Phi) is 3.78. The van der Waals surface area contributed by atoms with Gasteiger partial charge in [-0.05, 0) is 5.92 Å². The molecule has 1 aliphatic carbocycles. The van der Waals surface area contributed by atoms with Gasteiger partial charge in [-0.25, -0.2) is 0 Å². The molecule has 1 atom stereocenters. The molecule has 0 unspecified atom stereocenters. The highest BCUT2D eigenvalue weighted by atomic mass is 19.4. The molecule has 8 heteroatoms. The van der Waals surface area contributed by atoms with Gasteiger partial charge in [-0.2, -0.15) is 22.0 Å². The van der Waals surface area contributed by atoms with Gasteiger partial charge in [0, 0.05) is 12.0 Å². The quantitative estimate of drug-likeness (QED) is 0.617. The molecule has 0 saturated heterocycles. The van der Waals surface area contributed by atoms with Crippen molar-refractivity contribution in [3.8, 4) is 0 Å². The molecule has 0 aromatic heterocycles. The molecule has 0 aromatic rings. The van der Waals surface area contributed by atoms with E-state index in [2.05, 4.69) is 4.99 Å². The molecule has 1 rings (SSSR count). The van der Waals surface area contributed by atoms with E-state index >= 15 is 0 Å². The van der Waals surface area contributed by atoms with Crippen LogP contribution in [0.1, 0.15) is 13.3 Å². The van der Waals surface area contributed by atoms with Crippen LogP contribution in [-0.2, 0) is 4.79 Å². The van der Waals surface area contributed by atoms with Crippen LogP contribution < -0.4 is 5.73 Å². The maximum Gasteiger partial charge on any atom is 0.431 e. The summed E-state index contributed by atoms with van der Waals surface area (Å²) in [5, 5.41) is 0. The zero-order chi connectivity index (χ0) is 14.1. The highest BCUT2D eigenvalue weighted by Crippen LogP contribution is 2.43. The SMILES string of the molecule is C[C@H]1CC(F)(F)C(=NCC=O)/C1=C(\N)C(F)(F)F. The smallest absolute Gasteiger partial charge is 0.394 e. The van der Waals surface area contributed by atoms with E-state index in [1.54, 1.807) is 0 Å². The Hall–Kier alpha value is -1.47. The summed E-state index contributed by atoms with van der Waals surface area (Å²) in [6.07, 6.45) is -5.46. The topological polar surface area (TPSA) is 55.5 Å². The van der Waals surface area contributed by atoms with Crippen LogP contribution in [0.15, 0.2) is 16.3 Å². The first-order valence-electron chi connectivity index (χ1n) is 5.05. The summed E-state index contributed by atoms with van der Waals surface area (Å²) in [5.41, 5.74) is 1.57. The van der Waals surface area contributed by atoms with Crippen molar-refractivity contribution in [2.45, 2.75) is 25.4 Å². The van der Waals surface area contributed by atoms with E-state index in [1.165, 1.54) is 6.92 Å². The lowest BCUT2D eigenvalue weighted by molar-refractivity contribution is -0.106. The third-order valence-corrected chi connectivity index (χ3v) is 2.58. The molecule has 1 fully saturated rings. The number of alkyl halides is 5. The Labute approximate surface area is 99.6 Å². The van der Waals surface area contributed by atoms with Crippen molar-refractivity contribution in [2.75, 3.05) is 6.54 Å². The summed E-state index contributed by atoms with van der Waals surface area (Å²) in [6.45, 7) is 0.595. The monoisotopic (exact) mass is 270 g/mol. The number of nitrogens with zero attached hydrogens (tertiary/aromatic N) is 1. The molecule has 3 nitrogen and oxygen atoms in total. The van der Waals surface area contributed by atoms with Crippen LogP contribution in [0, 0.1) is 5.92 Å². The lowest BCUT2D eigenvalue weighted by atomic mass is 10.0. The molecule has 2 N–H and O–H groups in total. The summed E-state index contributed by atoms with van der Waals surface area (Å²) in [4.78, 5) is 13.3. The summed E-state index contributed by atoms with van der Waals surface area (Å²) < 4.78 is 64.4. The van der Waals surface area contributed by atoms with Gasteiger partial charge in [-0.15, -0.1) is 0 Å². The number of aldehydes is 1. The molecule has 0 heterocycles. The van der Waals surface area contributed by atoms with Crippen molar-refractivity contribution in [3.63, 3.8) is 0 Å². The van der Waals surface area contributed by atoms with E-state index in [0.717, 1.165) is 0 Å². The molecule has 18 heavy (non-hydrogen) atoms. The Bertz CT molecular complexity index is 411. The highest BCUT2D eigenvalue weighted by Gasteiger charge is 2.51. The van der Waals surface area contributed by atoms with E-state index in [9.17, 15) is 26.7 Å². The molecule has 0 amide bonds. The molecule has 0 radical (unpaired) electrons. The fourth-order valence-electron chi connectivity index (χ4n) is 1.89. The van der Waals surface area contributed by atoms with Gasteiger partial charge in [0.2, 0.25) is 0 Å². The molecule has 102 valence electrons. The minimum Gasteiger partial charge on any atom is -0.394 e. The Morgan fingerprint density at radius 1 is 1.56 bits per heavy atom. The highest BCUT2D eigenvalue weighted by molar-refractivity contribution is 6.08. The lowest BCUT2D eigenvalue weighted by Crippen LogP contribution is -2.28. The Morgan fingerprint density at radius 2 is 2.11 bits per heavy atom. The maximum atomic E-state index is 13.5. The van der Waals surface area contributed by atoms with Gasteiger partial charge in [0.1, 0.15) is 17.7 Å². The number of hydrogen-bond donors (Lipinski definition) is 1. The third kappa shape index (κ3) is 2.68. The predicted octanol–water partition coefficient (Wildman–Crippen LogP) is 2.08. The molecular formula is C10H11F5N2O. The van der Waals surface area contributed by atoms with Gasteiger partial charge >= 0.3 is 6.18 Å². The molecule has 1 saturated carbocycles. The lowest BCUT2D eigenvalue weighted by Gasteiger charge is -2.14. The van der Waals surface area contributed by atoms with Crippen molar-refractivity contribution < 1.29 is 26.7 Å². The summed E-state index contributed by atoms with van der Waals surface area (Å²) in [5.74, 6) is -4.56. The summed E-state index contributed by atoms with van der Waals surface area (Å²) in [7, 11) is 0. The normalized spacial score (nSPS) is 28.6. The van der Waals surface area contributed by atoms with Crippen LogP contribution in [0.25, 0.3) is 0 Å². The third-order valence-electron chi connectivity index (χ3n) is 2.58. The van der Waals surface area contributed by atoms with Gasteiger partial charge in [-0.3, -0.25) is 4.99 Å². The van der Waals surface area contributed by atoms with Crippen LogP contribution >= 0.6 is 0 Å². The van der Waals surface area contributed by atoms with E-state index in [0.29, 0.717) is 0 Å². The zero-order valence-electron chi connectivity index (χ0n) is 9.39. The molecule has 1 aliphatic rings. The molecule has 0 spiro atoms. The second-order valence-electron chi connectivity index (χ2n) is 3.99. The average Bonchev–Trinajstić information content (AvgIpc) is 2.42. The number of carbonyl (C=O) groups is 1. The van der Waals surface area contributed by atoms with Crippen molar-refractivity contribution in [2.24, 2.45) is 16.6 Å². The minimum atomic E-state index is -4.90. The van der Waals surface area contributed by atoms with E-state index in [-0.39, 0.29) is 6.29 Å². The number of aliphatic imine (C=N–C) groups is 1. The number of halogens is 5. The number of carbonyl (C=O) groups excluding carboxylic acids is 1. The first-order valence-corrected chi connectivity index (χ1v) is 5.05. The van der Waals surface area contributed by atoms with E-state index in [1.807, 2.05) is 0 Å². The molecular weight excluding hydrogens is 259 g/mol. The first-order chi connectivity index (χ1) is 8.11. The van der Waals surface area contributed by atoms with Gasteiger partial charge in [0.15, 0.2) is 0 Å². The van der Waals surface area contributed by atoms with Crippen molar-refractivity contribution >= 4 is 12.0 Å². The molecule has 0 aromatic carbocycles. The number of nitrogens with two attached hydrogens (primary N) is 1. The first kappa shape index (κ1) is 14.6. The van der Waals surface area contributed by atoms with Crippen LogP contribution in [0.3, 0.4) is 0 Å². The van der Waals surface area contributed by atoms with Crippen molar-refractivity contribution in [3.05, 3.63) is 11.3 Å². The Morgan fingerprint density at radius 3 is 2.56 bits per heavy atom. The fourth-order valence-corrected chi connectivity index (χ4v) is 1.89. The molecule has 0 aliphatic heterocycles. The van der Waals surface area contributed by atoms with Gasteiger partial charge < -0.3 is 10.5 Å². The van der Waals surface area contributed by atoms with Gasteiger partial charge in [0.25, 0.3) is 5.92 Å². The van der Waals surface area contributed by atoms with E-state index < -0.39 is 48.0 Å². The second-order valence-corrected chi connectivity index (χ2v) is 3.99. The standard InChI is InChI=1S/C10H11F5N2O/c1-5-4-9(11,12)8(17-2-3-18)6(5)7(16)10(13,14)15/h3,5H,2,4,16H2,1H3/b7-6-,17-8?/t5-/m0/s1. The average molecular weight is 270 g/mol. The minimum absolute atomic E-state index is 0.230. The fraction of sp³-hybridized carbons (Fsp3) is 0.600. The number of rotatable bonds is 2. The zero-order valence-corrected chi connectivity index (χ0v) is 9.39. The van der Waals surface area contributed by atoms with Crippen LogP contribution in [0.2, 0.25) is 0 Å². The predicted molar refractivity (Wildman–Crippen MR) is 54.4 cm³/mol. The number of hydrogen-bond acceptors (Lipinski definition) is 3. The van der Waals surface area contributed by atoms with Crippen molar-refractivity contribution in [1.82, 2.24) is 0 Å². The second kappa shape index (κ2) is 4.66. The van der Waals surface area contributed by atoms with E-state index in [4.69, 9.17) is 5.73 Å². The van der Waals surface area contributed by atoms with Gasteiger partial charge in [0.05, 0.1) is 6.54 Å².